The molecule has 2 amide bonds. The van der Waals surface area contributed by atoms with Crippen molar-refractivity contribution in [2.24, 2.45) is 5.41 Å². The molecule has 2 saturated heterocycles. The van der Waals surface area contributed by atoms with E-state index >= 15 is 8.78 Å². The third-order valence-electron chi connectivity index (χ3n) is 13.3. The van der Waals surface area contributed by atoms with Gasteiger partial charge in [-0.2, -0.15) is 12.7 Å². The van der Waals surface area contributed by atoms with E-state index in [1.807, 2.05) is 6.07 Å². The van der Waals surface area contributed by atoms with Gasteiger partial charge in [-0.15, -0.1) is 0 Å². The predicted molar refractivity (Wildman–Crippen MR) is 219 cm³/mol. The lowest BCUT2D eigenvalue weighted by Crippen LogP contribution is -2.51. The van der Waals surface area contributed by atoms with Crippen LogP contribution in [0.25, 0.3) is 10.9 Å². The first-order valence-electron chi connectivity index (χ1n) is 20.6. The molecule has 3 aromatic carbocycles. The van der Waals surface area contributed by atoms with Gasteiger partial charge >= 0.3 is 10.2 Å². The highest BCUT2D eigenvalue weighted by molar-refractivity contribution is 7.90. The lowest BCUT2D eigenvalue weighted by molar-refractivity contribution is -0.133. The second-order valence-electron chi connectivity index (χ2n) is 16.8. The van der Waals surface area contributed by atoms with Crippen LogP contribution < -0.4 is 20.9 Å². The molecule has 60 heavy (non-hydrogen) atoms. The van der Waals surface area contributed by atoms with Crippen LogP contribution in [0.5, 0.6) is 0 Å². The number of hydrogen-bond donors (Lipinski definition) is 3. The van der Waals surface area contributed by atoms with Gasteiger partial charge in [-0.25, -0.2) is 18.2 Å². The van der Waals surface area contributed by atoms with Crippen molar-refractivity contribution in [3.05, 3.63) is 99.4 Å². The molecular formula is C43H48F3N7O6S. The highest BCUT2D eigenvalue weighted by Crippen LogP contribution is 2.55. The maximum atomic E-state index is 15.5. The van der Waals surface area contributed by atoms with Crippen LogP contribution in [0.3, 0.4) is 0 Å². The molecule has 3 N–H and O–H groups in total. The van der Waals surface area contributed by atoms with E-state index in [0.717, 1.165) is 80.9 Å². The Morgan fingerprint density at radius 2 is 1.67 bits per heavy atom. The summed E-state index contributed by atoms with van der Waals surface area (Å²) in [4.78, 5) is 58.0. The van der Waals surface area contributed by atoms with Crippen LogP contribution in [0, 0.1) is 22.9 Å². The van der Waals surface area contributed by atoms with Crippen molar-refractivity contribution < 1.29 is 36.0 Å². The number of carbonyl (C=O) groups is 3. The molecule has 0 radical (unpaired) electrons. The number of anilines is 2. The zero-order chi connectivity index (χ0) is 42.5. The summed E-state index contributed by atoms with van der Waals surface area (Å²) in [6, 6.07) is 10.6. The SMILES string of the molecule is CCN(C)S(=O)(=O)Nc1ccc(F)c(C(=O)c2ccc3ncn(C4CC5(CCN(C6CCC(c7ccc(NC8CCC(=O)NC8=O)cc7F)CC6)CC5)C4)c(=O)c3c2)c1F. The molecule has 1 aromatic heterocycles. The van der Waals surface area contributed by atoms with E-state index in [4.69, 9.17) is 0 Å². The smallest absolute Gasteiger partial charge is 0.301 e. The zero-order valence-electron chi connectivity index (χ0n) is 33.5. The van der Waals surface area contributed by atoms with E-state index in [0.29, 0.717) is 29.2 Å². The van der Waals surface area contributed by atoms with Gasteiger partial charge in [0, 0.05) is 43.3 Å². The molecular weight excluding hydrogens is 800 g/mol. The average Bonchev–Trinajstić information content (AvgIpc) is 3.22. The molecule has 1 atom stereocenters. The van der Waals surface area contributed by atoms with Crippen LogP contribution in [0.4, 0.5) is 24.5 Å². The number of nitrogens with zero attached hydrogens (tertiary/aromatic N) is 4. The summed E-state index contributed by atoms with van der Waals surface area (Å²) in [5.41, 5.74) is -0.383. The summed E-state index contributed by atoms with van der Waals surface area (Å²) in [5, 5.41) is 5.50. The molecule has 1 spiro atoms. The standard InChI is InChI=1S/C43H48F3N7O6S/c1-3-51(2)60(58,59)50-35-13-11-32(44)38(39(35)46)40(55)26-6-12-34-31(20-26)42(57)53(24-47-34)29-22-43(23-29)16-18-52(19-17-43)28-8-4-25(5-9-28)30-10-7-27(21-33(30)45)48-36-14-15-37(54)49-41(36)56/h6-7,10-13,20-21,24-25,28-29,36,48,50H,3-5,8-9,14-19,22-23H2,1-2H3,(H,49,54,56). The Morgan fingerprint density at radius 3 is 2.35 bits per heavy atom. The first-order valence-corrected chi connectivity index (χ1v) is 22.0. The van der Waals surface area contributed by atoms with Gasteiger partial charge in [0.1, 0.15) is 17.7 Å². The maximum absolute atomic E-state index is 15.5. The number of hydrogen-bond acceptors (Lipinski definition) is 9. The Bertz CT molecular complexity index is 2530. The first-order chi connectivity index (χ1) is 28.6. The molecule has 8 rings (SSSR count). The summed E-state index contributed by atoms with van der Waals surface area (Å²) in [6.45, 7) is 3.56. The molecule has 1 unspecified atom stereocenters. The van der Waals surface area contributed by atoms with Gasteiger partial charge in [-0.3, -0.25) is 33.8 Å². The maximum Gasteiger partial charge on any atom is 0.301 e. The number of carbonyl (C=O) groups excluding carboxylic acids is 3. The summed E-state index contributed by atoms with van der Waals surface area (Å²) in [5.74, 6) is -4.45. The van der Waals surface area contributed by atoms with E-state index in [1.54, 1.807) is 17.6 Å². The van der Waals surface area contributed by atoms with Crippen molar-refractivity contribution in [2.75, 3.05) is 36.7 Å². The van der Waals surface area contributed by atoms with Crippen molar-refractivity contribution in [1.82, 2.24) is 24.1 Å². The molecule has 2 aliphatic heterocycles. The van der Waals surface area contributed by atoms with Gasteiger partial charge in [0.05, 0.1) is 28.5 Å². The molecule has 2 aliphatic carbocycles. The fourth-order valence-electron chi connectivity index (χ4n) is 9.55. The molecule has 4 aliphatic rings. The number of nitrogens with one attached hydrogen (secondary N) is 3. The van der Waals surface area contributed by atoms with E-state index in [2.05, 4.69) is 25.2 Å². The molecule has 3 heterocycles. The minimum Gasteiger partial charge on any atom is -0.374 e. The number of fused-ring (bicyclic) bond motifs is 1. The molecule has 4 aromatic rings. The number of piperidine rings is 2. The quantitative estimate of drug-likeness (QED) is 0.121. The van der Waals surface area contributed by atoms with Crippen molar-refractivity contribution in [1.29, 1.82) is 0 Å². The summed E-state index contributed by atoms with van der Waals surface area (Å²) in [7, 11) is -2.87. The van der Waals surface area contributed by atoms with Gasteiger partial charge in [0.2, 0.25) is 11.8 Å². The van der Waals surface area contributed by atoms with Crippen LogP contribution in [0.2, 0.25) is 0 Å². The second-order valence-corrected chi connectivity index (χ2v) is 18.6. The molecule has 13 nitrogen and oxygen atoms in total. The molecule has 318 valence electrons. The topological polar surface area (TPSA) is 163 Å². The van der Waals surface area contributed by atoms with Gasteiger partial charge in [0.15, 0.2) is 11.6 Å². The van der Waals surface area contributed by atoms with Crippen LogP contribution >= 0.6 is 0 Å². The molecule has 4 fully saturated rings. The predicted octanol–water partition coefficient (Wildman–Crippen LogP) is 6.01. The fraction of sp³-hybridized carbons (Fsp3) is 0.465. The van der Waals surface area contributed by atoms with Crippen LogP contribution in [0.15, 0.2) is 59.7 Å². The summed E-state index contributed by atoms with van der Waals surface area (Å²) in [6.07, 6.45) is 9.43. The number of halogens is 3. The zero-order valence-corrected chi connectivity index (χ0v) is 34.3. The Labute approximate surface area is 345 Å². The Balaban J connectivity index is 0.867. The monoisotopic (exact) mass is 847 g/mol. The number of aromatic nitrogens is 2. The molecule has 17 heteroatoms. The average molecular weight is 848 g/mol. The van der Waals surface area contributed by atoms with E-state index in [1.165, 1.54) is 37.6 Å². The van der Waals surface area contributed by atoms with Gasteiger partial charge in [0.25, 0.3) is 5.56 Å². The van der Waals surface area contributed by atoms with Crippen molar-refractivity contribution in [2.45, 2.75) is 95.2 Å². The highest BCUT2D eigenvalue weighted by atomic mass is 32.2. The third kappa shape index (κ3) is 8.06. The minimum absolute atomic E-state index is 0.0860. The normalized spacial score (nSPS) is 22.5. The van der Waals surface area contributed by atoms with Crippen molar-refractivity contribution in [3.63, 3.8) is 0 Å². The fourth-order valence-corrected chi connectivity index (χ4v) is 10.5. The van der Waals surface area contributed by atoms with Gasteiger partial charge in [-0.05, 0) is 130 Å². The Morgan fingerprint density at radius 1 is 0.933 bits per heavy atom. The van der Waals surface area contributed by atoms with Gasteiger partial charge in [-0.1, -0.05) is 13.0 Å². The lowest BCUT2D eigenvalue weighted by Gasteiger charge is -2.54. The van der Waals surface area contributed by atoms with Crippen molar-refractivity contribution in [3.8, 4) is 0 Å². The van der Waals surface area contributed by atoms with Crippen LogP contribution in [-0.2, 0) is 19.8 Å². The summed E-state index contributed by atoms with van der Waals surface area (Å²) >= 11 is 0. The Hall–Kier alpha value is -5.13. The first kappa shape index (κ1) is 41.6. The third-order valence-corrected chi connectivity index (χ3v) is 14.8. The van der Waals surface area contributed by atoms with E-state index in [-0.39, 0.29) is 58.6 Å². The number of likely N-dealkylation sites (tertiary alicyclic amines) is 1. The number of imide groups is 1. The van der Waals surface area contributed by atoms with Crippen molar-refractivity contribution >= 4 is 50.1 Å². The second kappa shape index (κ2) is 16.4. The number of ketones is 1. The largest absolute Gasteiger partial charge is 0.374 e. The van der Waals surface area contributed by atoms with Crippen LogP contribution in [-0.4, -0.2) is 83.5 Å². The number of amides is 2. The lowest BCUT2D eigenvalue weighted by atomic mass is 9.60. The highest BCUT2D eigenvalue weighted by Gasteiger charge is 2.47. The molecule has 2 saturated carbocycles. The van der Waals surface area contributed by atoms with Gasteiger partial charge < -0.3 is 10.2 Å². The van der Waals surface area contributed by atoms with E-state index < -0.39 is 50.8 Å². The van der Waals surface area contributed by atoms with Crippen LogP contribution in [0.1, 0.15) is 105 Å². The molecule has 0 bridgehead atoms. The minimum atomic E-state index is -4.16. The number of rotatable bonds is 11. The summed E-state index contributed by atoms with van der Waals surface area (Å²) < 4.78 is 75.4. The van der Waals surface area contributed by atoms with E-state index in [9.17, 15) is 32.0 Å². The Kier molecular flexibility index (Phi) is 11.4. The number of benzene rings is 3.